The molecule has 1 aliphatic rings. The average molecular weight is 242 g/mol. The van der Waals surface area contributed by atoms with Gasteiger partial charge in [-0.1, -0.05) is 30.3 Å². The third-order valence-corrected chi connectivity index (χ3v) is 3.27. The number of esters is 1. The molecule has 0 aliphatic heterocycles. The van der Waals surface area contributed by atoms with Gasteiger partial charge in [0.1, 0.15) is 0 Å². The molecule has 0 fully saturated rings. The molecule has 0 heterocycles. The Balaban J connectivity index is 2.16. The number of hydrogen-bond donors (Lipinski definition) is 0. The van der Waals surface area contributed by atoms with Gasteiger partial charge in [0, 0.05) is 0 Å². The number of fused-ring (bicyclic) bond motifs is 3. The molecule has 0 N–H and O–H groups in total. The van der Waals surface area contributed by atoms with Gasteiger partial charge < -0.3 is 4.74 Å². The van der Waals surface area contributed by atoms with E-state index in [0.29, 0.717) is 16.7 Å². The fraction of sp³-hybridized carbons (Fsp3) is 0.133. The minimum Gasteiger partial charge on any atom is -0.465 e. The van der Waals surface area contributed by atoms with Gasteiger partial charge in [0.15, 0.2) is 6.17 Å². The van der Waals surface area contributed by atoms with Crippen molar-refractivity contribution in [1.82, 2.24) is 0 Å². The number of halogens is 1. The smallest absolute Gasteiger partial charge is 0.337 e. The molecular formula is C15H11FO2. The molecule has 3 heteroatoms. The maximum atomic E-state index is 14.3. The lowest BCUT2D eigenvalue weighted by Crippen LogP contribution is -2.02. The minimum atomic E-state index is -1.17. The van der Waals surface area contributed by atoms with Gasteiger partial charge in [0.2, 0.25) is 0 Å². The quantitative estimate of drug-likeness (QED) is 0.715. The fourth-order valence-corrected chi connectivity index (χ4v) is 2.39. The number of hydrogen-bond acceptors (Lipinski definition) is 2. The highest BCUT2D eigenvalue weighted by atomic mass is 19.1. The highest BCUT2D eigenvalue weighted by Crippen LogP contribution is 2.45. The second-order valence-corrected chi connectivity index (χ2v) is 4.24. The van der Waals surface area contributed by atoms with Gasteiger partial charge in [-0.2, -0.15) is 0 Å². The monoisotopic (exact) mass is 242 g/mol. The molecule has 1 unspecified atom stereocenters. The van der Waals surface area contributed by atoms with E-state index in [0.717, 1.165) is 11.1 Å². The molecule has 0 aromatic heterocycles. The molecule has 1 atom stereocenters. The van der Waals surface area contributed by atoms with Crippen molar-refractivity contribution in [2.75, 3.05) is 7.11 Å². The molecular weight excluding hydrogens is 231 g/mol. The highest BCUT2D eigenvalue weighted by molar-refractivity contribution is 5.91. The number of benzene rings is 2. The van der Waals surface area contributed by atoms with E-state index in [2.05, 4.69) is 4.74 Å². The summed E-state index contributed by atoms with van der Waals surface area (Å²) in [6, 6.07) is 12.4. The Hall–Kier alpha value is -2.16. The van der Waals surface area contributed by atoms with E-state index < -0.39 is 12.1 Å². The minimum absolute atomic E-state index is 0.381. The molecule has 0 saturated carbocycles. The van der Waals surface area contributed by atoms with Crippen molar-refractivity contribution in [2.24, 2.45) is 0 Å². The van der Waals surface area contributed by atoms with Crippen LogP contribution in [-0.2, 0) is 4.74 Å². The molecule has 0 radical (unpaired) electrons. The summed E-state index contributed by atoms with van der Waals surface area (Å²) in [5.41, 5.74) is 3.34. The SMILES string of the molecule is COC(=O)c1ccc2c(c1)C(F)c1ccccc1-2. The molecule has 2 aromatic carbocycles. The maximum Gasteiger partial charge on any atom is 0.337 e. The summed E-state index contributed by atoms with van der Waals surface area (Å²) in [5, 5.41) is 0. The van der Waals surface area contributed by atoms with Crippen LogP contribution in [0.5, 0.6) is 0 Å². The molecule has 90 valence electrons. The summed E-state index contributed by atoms with van der Waals surface area (Å²) in [7, 11) is 1.32. The van der Waals surface area contributed by atoms with Crippen LogP contribution in [0.2, 0.25) is 0 Å². The highest BCUT2D eigenvalue weighted by Gasteiger charge is 2.28. The van der Waals surface area contributed by atoms with E-state index in [4.69, 9.17) is 0 Å². The van der Waals surface area contributed by atoms with E-state index in [1.165, 1.54) is 7.11 Å². The number of rotatable bonds is 1. The van der Waals surface area contributed by atoms with Crippen LogP contribution in [0.1, 0.15) is 27.7 Å². The van der Waals surface area contributed by atoms with Crippen molar-refractivity contribution in [3.8, 4) is 11.1 Å². The molecule has 0 bridgehead atoms. The topological polar surface area (TPSA) is 26.3 Å². The Labute approximate surface area is 104 Å². The summed E-state index contributed by atoms with van der Waals surface area (Å²) in [6.45, 7) is 0. The zero-order valence-corrected chi connectivity index (χ0v) is 9.81. The molecule has 0 spiro atoms. The van der Waals surface area contributed by atoms with Gasteiger partial charge in [-0.3, -0.25) is 0 Å². The first-order chi connectivity index (χ1) is 8.72. The Bertz CT molecular complexity index is 634. The molecule has 0 saturated heterocycles. The predicted octanol–water partition coefficient (Wildman–Crippen LogP) is 3.51. The number of carbonyl (C=O) groups is 1. The molecule has 3 rings (SSSR count). The van der Waals surface area contributed by atoms with Crippen LogP contribution in [0.4, 0.5) is 4.39 Å². The second-order valence-electron chi connectivity index (χ2n) is 4.24. The standard InChI is InChI=1S/C15H11FO2/c1-18-15(17)9-6-7-11-10-4-2-3-5-12(10)14(16)13(11)8-9/h2-8,14H,1H3. The maximum absolute atomic E-state index is 14.3. The zero-order chi connectivity index (χ0) is 12.7. The van der Waals surface area contributed by atoms with Crippen LogP contribution in [0.3, 0.4) is 0 Å². The summed E-state index contributed by atoms with van der Waals surface area (Å²) in [6.07, 6.45) is -1.17. The third-order valence-electron chi connectivity index (χ3n) is 3.27. The Morgan fingerprint density at radius 1 is 1.11 bits per heavy atom. The second kappa shape index (κ2) is 3.95. The van der Waals surface area contributed by atoms with Crippen LogP contribution >= 0.6 is 0 Å². The number of alkyl halides is 1. The largest absolute Gasteiger partial charge is 0.465 e. The van der Waals surface area contributed by atoms with E-state index >= 15 is 0 Å². The van der Waals surface area contributed by atoms with Crippen LogP contribution in [0.15, 0.2) is 42.5 Å². The Morgan fingerprint density at radius 3 is 2.61 bits per heavy atom. The molecule has 0 amide bonds. The van der Waals surface area contributed by atoms with Crippen LogP contribution < -0.4 is 0 Å². The Kier molecular flexibility index (Phi) is 2.40. The van der Waals surface area contributed by atoms with Crippen LogP contribution in [0, 0.1) is 0 Å². The zero-order valence-electron chi connectivity index (χ0n) is 9.81. The normalized spacial score (nSPS) is 16.0. The van der Waals surface area contributed by atoms with Gasteiger partial charge in [0.25, 0.3) is 0 Å². The van der Waals surface area contributed by atoms with Crippen LogP contribution in [0.25, 0.3) is 11.1 Å². The van der Waals surface area contributed by atoms with E-state index in [1.807, 2.05) is 18.2 Å². The van der Waals surface area contributed by atoms with Crippen molar-refractivity contribution in [1.29, 1.82) is 0 Å². The van der Waals surface area contributed by atoms with Crippen molar-refractivity contribution in [2.45, 2.75) is 6.17 Å². The lowest BCUT2D eigenvalue weighted by atomic mass is 10.0. The summed E-state index contributed by atoms with van der Waals surface area (Å²) in [5.74, 6) is -0.444. The summed E-state index contributed by atoms with van der Waals surface area (Å²) < 4.78 is 19.0. The van der Waals surface area contributed by atoms with Crippen LogP contribution in [-0.4, -0.2) is 13.1 Å². The van der Waals surface area contributed by atoms with E-state index in [-0.39, 0.29) is 0 Å². The van der Waals surface area contributed by atoms with Gasteiger partial charge >= 0.3 is 5.97 Å². The third kappa shape index (κ3) is 1.44. The summed E-state index contributed by atoms with van der Waals surface area (Å²) >= 11 is 0. The average Bonchev–Trinajstić information content (AvgIpc) is 2.72. The van der Waals surface area contributed by atoms with Gasteiger partial charge in [-0.25, -0.2) is 9.18 Å². The Morgan fingerprint density at radius 2 is 1.83 bits per heavy atom. The molecule has 2 nitrogen and oxygen atoms in total. The lowest BCUT2D eigenvalue weighted by Gasteiger charge is -2.05. The van der Waals surface area contributed by atoms with E-state index in [9.17, 15) is 9.18 Å². The summed E-state index contributed by atoms with van der Waals surface area (Å²) in [4.78, 5) is 11.4. The number of methoxy groups -OCH3 is 1. The first-order valence-corrected chi connectivity index (χ1v) is 5.68. The predicted molar refractivity (Wildman–Crippen MR) is 66.2 cm³/mol. The first kappa shape index (κ1) is 11.0. The van der Waals surface area contributed by atoms with Gasteiger partial charge in [-0.05, 0) is 34.4 Å². The van der Waals surface area contributed by atoms with Crippen molar-refractivity contribution < 1.29 is 13.9 Å². The van der Waals surface area contributed by atoms with Gasteiger partial charge in [-0.15, -0.1) is 0 Å². The number of ether oxygens (including phenoxy) is 1. The lowest BCUT2D eigenvalue weighted by molar-refractivity contribution is 0.0600. The molecule has 2 aromatic rings. The molecule has 1 aliphatic carbocycles. The molecule has 18 heavy (non-hydrogen) atoms. The van der Waals surface area contributed by atoms with Crippen molar-refractivity contribution in [3.05, 3.63) is 59.2 Å². The van der Waals surface area contributed by atoms with Gasteiger partial charge in [0.05, 0.1) is 12.7 Å². The fourth-order valence-electron chi connectivity index (χ4n) is 2.39. The van der Waals surface area contributed by atoms with E-state index in [1.54, 1.807) is 24.3 Å². The van der Waals surface area contributed by atoms with Crippen molar-refractivity contribution in [3.63, 3.8) is 0 Å². The first-order valence-electron chi connectivity index (χ1n) is 5.68. The van der Waals surface area contributed by atoms with Crippen molar-refractivity contribution >= 4 is 5.97 Å². The number of carbonyl (C=O) groups excluding carboxylic acids is 1.